The number of benzene rings is 2. The maximum absolute atomic E-state index is 13.6. The number of hydrogen-bond donors (Lipinski definition) is 2. The molecule has 0 atom stereocenters. The minimum Gasteiger partial charge on any atom is -0.489 e. The summed E-state index contributed by atoms with van der Waals surface area (Å²) >= 11 is 11.9. The van der Waals surface area contributed by atoms with Crippen molar-refractivity contribution in [3.8, 4) is 5.75 Å². The molecule has 0 radical (unpaired) electrons. The molecule has 0 bridgehead atoms. The molecule has 2 aromatic carbocycles. The van der Waals surface area contributed by atoms with Crippen LogP contribution in [0.15, 0.2) is 41.6 Å². The van der Waals surface area contributed by atoms with Crippen LogP contribution in [0.5, 0.6) is 5.75 Å². The second-order valence-corrected chi connectivity index (χ2v) is 4.93. The number of oxime groups is 1. The molecule has 0 aromatic heterocycles. The highest BCUT2D eigenvalue weighted by molar-refractivity contribution is 6.34. The van der Waals surface area contributed by atoms with Gasteiger partial charge in [-0.1, -0.05) is 34.4 Å². The minimum atomic E-state index is -0.443. The van der Waals surface area contributed by atoms with Gasteiger partial charge in [-0.25, -0.2) is 4.39 Å². The average Bonchev–Trinajstić information content (AvgIpc) is 2.46. The predicted octanol–water partition coefficient (Wildman–Crippen LogP) is 3.81. The van der Waals surface area contributed by atoms with Crippen molar-refractivity contribution < 1.29 is 14.3 Å². The number of ether oxygens (including phenoxy) is 1. The average molecular weight is 329 g/mol. The van der Waals surface area contributed by atoms with Gasteiger partial charge >= 0.3 is 0 Å². The Morgan fingerprint density at radius 1 is 1.24 bits per heavy atom. The fraction of sp³-hybridized carbons (Fsp3) is 0.0714. The molecule has 0 saturated heterocycles. The van der Waals surface area contributed by atoms with Crippen LogP contribution in [-0.2, 0) is 6.61 Å². The van der Waals surface area contributed by atoms with E-state index in [1.165, 1.54) is 24.3 Å². The van der Waals surface area contributed by atoms with E-state index in [9.17, 15) is 4.39 Å². The number of nitrogens with zero attached hydrogens (tertiary/aromatic N) is 1. The zero-order valence-electron chi connectivity index (χ0n) is 10.7. The van der Waals surface area contributed by atoms with E-state index in [0.717, 1.165) is 0 Å². The lowest BCUT2D eigenvalue weighted by molar-refractivity contribution is 0.300. The molecule has 0 saturated carbocycles. The molecule has 0 unspecified atom stereocenters. The molecule has 0 spiro atoms. The molecular formula is C14H11Cl2FN2O2. The van der Waals surface area contributed by atoms with Gasteiger partial charge in [-0.3, -0.25) is 0 Å². The van der Waals surface area contributed by atoms with Crippen molar-refractivity contribution in [3.05, 3.63) is 63.4 Å². The van der Waals surface area contributed by atoms with Crippen molar-refractivity contribution in [3.63, 3.8) is 0 Å². The van der Waals surface area contributed by atoms with E-state index in [1.807, 2.05) is 0 Å². The van der Waals surface area contributed by atoms with Gasteiger partial charge in [0.1, 0.15) is 18.2 Å². The summed E-state index contributed by atoms with van der Waals surface area (Å²) < 4.78 is 19.0. The smallest absolute Gasteiger partial charge is 0.171 e. The Hall–Kier alpha value is -1.98. The topological polar surface area (TPSA) is 67.8 Å². The fourth-order valence-corrected chi connectivity index (χ4v) is 2.16. The Morgan fingerprint density at radius 2 is 2.00 bits per heavy atom. The van der Waals surface area contributed by atoms with Crippen LogP contribution in [0.4, 0.5) is 4.39 Å². The van der Waals surface area contributed by atoms with Gasteiger partial charge in [0.2, 0.25) is 0 Å². The first kappa shape index (κ1) is 15.4. The number of nitrogens with two attached hydrogens (primary N) is 1. The van der Waals surface area contributed by atoms with E-state index >= 15 is 0 Å². The highest BCUT2D eigenvalue weighted by Crippen LogP contribution is 2.25. The maximum Gasteiger partial charge on any atom is 0.171 e. The molecule has 0 heterocycles. The molecule has 0 aliphatic carbocycles. The number of rotatable bonds is 4. The summed E-state index contributed by atoms with van der Waals surface area (Å²) in [6, 6.07) is 9.01. The van der Waals surface area contributed by atoms with E-state index in [4.69, 9.17) is 38.9 Å². The van der Waals surface area contributed by atoms with Gasteiger partial charge in [0.25, 0.3) is 0 Å². The van der Waals surface area contributed by atoms with Crippen molar-refractivity contribution in [1.82, 2.24) is 0 Å². The van der Waals surface area contributed by atoms with Gasteiger partial charge in [-0.05, 0) is 30.3 Å². The highest BCUT2D eigenvalue weighted by Gasteiger charge is 2.10. The van der Waals surface area contributed by atoms with Crippen molar-refractivity contribution in [2.24, 2.45) is 10.9 Å². The predicted molar refractivity (Wildman–Crippen MR) is 79.7 cm³/mol. The van der Waals surface area contributed by atoms with Gasteiger partial charge in [0.15, 0.2) is 5.84 Å². The first-order valence-corrected chi connectivity index (χ1v) is 6.61. The van der Waals surface area contributed by atoms with Crippen LogP contribution >= 0.6 is 23.2 Å². The lowest BCUT2D eigenvalue weighted by atomic mass is 10.2. The molecule has 0 aliphatic rings. The van der Waals surface area contributed by atoms with Gasteiger partial charge in [-0.2, -0.15) is 0 Å². The number of halogens is 3. The number of amidine groups is 1. The van der Waals surface area contributed by atoms with E-state index < -0.39 is 5.82 Å². The molecule has 3 N–H and O–H groups in total. The number of hydrogen-bond acceptors (Lipinski definition) is 3. The van der Waals surface area contributed by atoms with Crippen molar-refractivity contribution in [2.45, 2.75) is 6.61 Å². The van der Waals surface area contributed by atoms with Crippen molar-refractivity contribution in [1.29, 1.82) is 0 Å². The van der Waals surface area contributed by atoms with Crippen LogP contribution in [-0.4, -0.2) is 11.0 Å². The normalized spacial score (nSPS) is 11.5. The van der Waals surface area contributed by atoms with Crippen LogP contribution in [0.25, 0.3) is 0 Å². The van der Waals surface area contributed by atoms with Gasteiger partial charge < -0.3 is 15.7 Å². The molecule has 2 aromatic rings. The van der Waals surface area contributed by atoms with E-state index in [-0.39, 0.29) is 28.1 Å². The second kappa shape index (κ2) is 6.65. The van der Waals surface area contributed by atoms with Crippen LogP contribution in [0, 0.1) is 5.82 Å². The van der Waals surface area contributed by atoms with E-state index in [0.29, 0.717) is 11.3 Å². The molecular weight excluding hydrogens is 318 g/mol. The molecule has 21 heavy (non-hydrogen) atoms. The van der Waals surface area contributed by atoms with Crippen LogP contribution in [0.1, 0.15) is 11.1 Å². The van der Waals surface area contributed by atoms with Crippen LogP contribution < -0.4 is 10.5 Å². The quantitative estimate of drug-likeness (QED) is 0.388. The molecule has 0 fully saturated rings. The Kier molecular flexibility index (Phi) is 4.88. The summed E-state index contributed by atoms with van der Waals surface area (Å²) in [6.07, 6.45) is 0. The summed E-state index contributed by atoms with van der Waals surface area (Å²) in [5.41, 5.74) is 6.09. The largest absolute Gasteiger partial charge is 0.489 e. The van der Waals surface area contributed by atoms with Crippen molar-refractivity contribution in [2.75, 3.05) is 0 Å². The third-order valence-corrected chi connectivity index (χ3v) is 3.44. The zero-order valence-corrected chi connectivity index (χ0v) is 12.2. The van der Waals surface area contributed by atoms with Crippen molar-refractivity contribution >= 4 is 29.0 Å². The Labute approximate surface area is 130 Å². The SMILES string of the molecule is N/C(=N/O)c1ccc(OCc2c(F)cccc2Cl)cc1Cl. The van der Waals surface area contributed by atoms with Gasteiger partial charge in [0, 0.05) is 11.1 Å². The van der Waals surface area contributed by atoms with Crippen LogP contribution in [0.2, 0.25) is 10.0 Å². The Bertz CT molecular complexity index is 672. The molecule has 7 heteroatoms. The third-order valence-electron chi connectivity index (χ3n) is 2.77. The summed E-state index contributed by atoms with van der Waals surface area (Å²) in [4.78, 5) is 0. The first-order valence-electron chi connectivity index (χ1n) is 5.86. The lowest BCUT2D eigenvalue weighted by Gasteiger charge is -2.10. The monoisotopic (exact) mass is 328 g/mol. The first-order chi connectivity index (χ1) is 10.0. The Balaban J connectivity index is 2.16. The summed E-state index contributed by atoms with van der Waals surface area (Å²) in [6.45, 7) is -0.0370. The molecule has 0 aliphatic heterocycles. The summed E-state index contributed by atoms with van der Waals surface area (Å²) in [5.74, 6) is -0.139. The summed E-state index contributed by atoms with van der Waals surface area (Å²) in [7, 11) is 0. The van der Waals surface area contributed by atoms with Gasteiger partial charge in [-0.15, -0.1) is 0 Å². The molecule has 0 amide bonds. The zero-order chi connectivity index (χ0) is 15.4. The minimum absolute atomic E-state index is 0.0370. The fourth-order valence-electron chi connectivity index (χ4n) is 1.67. The van der Waals surface area contributed by atoms with E-state index in [1.54, 1.807) is 12.1 Å². The molecule has 4 nitrogen and oxygen atoms in total. The summed E-state index contributed by atoms with van der Waals surface area (Å²) in [5, 5.41) is 12.0. The molecule has 110 valence electrons. The molecule has 2 rings (SSSR count). The van der Waals surface area contributed by atoms with E-state index in [2.05, 4.69) is 5.16 Å². The highest BCUT2D eigenvalue weighted by atomic mass is 35.5. The Morgan fingerprint density at radius 3 is 2.62 bits per heavy atom. The standard InChI is InChI=1S/C14H11Cl2FN2O2/c15-11-2-1-3-13(17)10(11)7-21-8-4-5-9(12(16)6-8)14(18)19-20/h1-6,20H,7H2,(H2,18,19). The van der Waals surface area contributed by atoms with Gasteiger partial charge in [0.05, 0.1) is 10.0 Å². The van der Waals surface area contributed by atoms with Crippen LogP contribution in [0.3, 0.4) is 0 Å². The third kappa shape index (κ3) is 3.56. The second-order valence-electron chi connectivity index (χ2n) is 4.12. The maximum atomic E-state index is 13.6. The lowest BCUT2D eigenvalue weighted by Crippen LogP contribution is -2.13.